The van der Waals surface area contributed by atoms with Gasteiger partial charge in [-0.25, -0.2) is 9.48 Å². The highest BCUT2D eigenvalue weighted by Crippen LogP contribution is 2.20. The van der Waals surface area contributed by atoms with Crippen molar-refractivity contribution >= 4 is 23.4 Å². The first kappa shape index (κ1) is 19.5. The summed E-state index contributed by atoms with van der Waals surface area (Å²) in [5, 5.41) is 7.83. The zero-order chi connectivity index (χ0) is 20.8. The van der Waals surface area contributed by atoms with Gasteiger partial charge in [0.1, 0.15) is 12.4 Å². The third kappa shape index (κ3) is 4.98. The summed E-state index contributed by atoms with van der Waals surface area (Å²) >= 11 is 5.92. The van der Waals surface area contributed by atoms with Crippen molar-refractivity contribution in [2.24, 2.45) is 0 Å². The topological polar surface area (TPSA) is 65.4 Å². The van der Waals surface area contributed by atoms with Gasteiger partial charge in [0.25, 0.3) is 0 Å². The van der Waals surface area contributed by atoms with Gasteiger partial charge in [-0.05, 0) is 42.5 Å². The van der Waals surface area contributed by atoms with Crippen molar-refractivity contribution in [2.45, 2.75) is 6.61 Å². The van der Waals surface area contributed by atoms with Crippen LogP contribution in [0.25, 0.3) is 5.69 Å². The van der Waals surface area contributed by atoms with Crippen LogP contribution >= 0.6 is 11.6 Å². The number of hydrogen-bond donors (Lipinski definition) is 1. The van der Waals surface area contributed by atoms with Crippen LogP contribution < -0.4 is 14.8 Å². The molecule has 0 aliphatic carbocycles. The van der Waals surface area contributed by atoms with Gasteiger partial charge in [0.15, 0.2) is 0 Å². The van der Waals surface area contributed by atoms with Crippen LogP contribution in [0, 0.1) is 0 Å². The van der Waals surface area contributed by atoms with Crippen molar-refractivity contribution in [3.05, 3.63) is 102 Å². The molecular formula is C23H18ClN3O3. The average Bonchev–Trinajstić information content (AvgIpc) is 3.23. The third-order valence-electron chi connectivity index (χ3n) is 4.24. The number of carbonyl (C=O) groups is 1. The minimum Gasteiger partial charge on any atom is -0.472 e. The Labute approximate surface area is 178 Å². The number of benzene rings is 3. The van der Waals surface area contributed by atoms with E-state index in [4.69, 9.17) is 21.1 Å². The van der Waals surface area contributed by atoms with E-state index >= 15 is 0 Å². The highest BCUT2D eigenvalue weighted by molar-refractivity contribution is 6.30. The van der Waals surface area contributed by atoms with E-state index in [1.165, 1.54) is 0 Å². The minimum absolute atomic E-state index is 0.236. The number of anilines is 1. The molecule has 4 rings (SSSR count). The number of carbonyl (C=O) groups excluding carboxylic acids is 1. The second-order valence-corrected chi connectivity index (χ2v) is 6.78. The van der Waals surface area contributed by atoms with Crippen LogP contribution in [-0.4, -0.2) is 15.9 Å². The molecule has 0 spiro atoms. The summed E-state index contributed by atoms with van der Waals surface area (Å²) in [6.07, 6.45) is 1.24. The molecule has 3 aromatic carbocycles. The molecule has 1 heterocycles. The lowest BCUT2D eigenvalue weighted by atomic mass is 10.2. The fourth-order valence-electron chi connectivity index (χ4n) is 2.77. The van der Waals surface area contributed by atoms with Crippen LogP contribution in [-0.2, 0) is 6.61 Å². The van der Waals surface area contributed by atoms with Gasteiger partial charge in [0.05, 0.1) is 11.4 Å². The van der Waals surface area contributed by atoms with Crippen molar-refractivity contribution in [2.75, 3.05) is 5.32 Å². The number of ether oxygens (including phenoxy) is 2. The molecule has 0 radical (unpaired) electrons. The zero-order valence-electron chi connectivity index (χ0n) is 15.9. The second kappa shape index (κ2) is 9.15. The van der Waals surface area contributed by atoms with Crippen LogP contribution in [0.15, 0.2) is 91.1 Å². The SMILES string of the molecule is O=C(Nc1ccccc1COc1ccn(-c2ccc(Cl)cc2)n1)Oc1ccccc1. The minimum atomic E-state index is -0.569. The van der Waals surface area contributed by atoms with E-state index in [9.17, 15) is 4.79 Å². The van der Waals surface area contributed by atoms with Crippen molar-refractivity contribution in [1.29, 1.82) is 0 Å². The van der Waals surface area contributed by atoms with E-state index < -0.39 is 6.09 Å². The Bertz CT molecular complexity index is 1130. The Morgan fingerprint density at radius 3 is 2.47 bits per heavy atom. The van der Waals surface area contributed by atoms with E-state index in [1.807, 2.05) is 36.4 Å². The van der Waals surface area contributed by atoms with Crippen LogP contribution in [0.1, 0.15) is 5.56 Å². The smallest absolute Gasteiger partial charge is 0.417 e. The van der Waals surface area contributed by atoms with Gasteiger partial charge >= 0.3 is 6.09 Å². The van der Waals surface area contributed by atoms with Gasteiger partial charge in [-0.1, -0.05) is 48.0 Å². The lowest BCUT2D eigenvalue weighted by Crippen LogP contribution is -2.18. The third-order valence-corrected chi connectivity index (χ3v) is 4.49. The van der Waals surface area contributed by atoms with Crippen LogP contribution in [0.3, 0.4) is 0 Å². The Morgan fingerprint density at radius 2 is 1.67 bits per heavy atom. The Hall–Kier alpha value is -3.77. The monoisotopic (exact) mass is 419 g/mol. The van der Waals surface area contributed by atoms with E-state index in [2.05, 4.69) is 10.4 Å². The zero-order valence-corrected chi connectivity index (χ0v) is 16.6. The number of nitrogens with one attached hydrogen (secondary N) is 1. The van der Waals surface area contributed by atoms with Crippen molar-refractivity contribution in [3.63, 3.8) is 0 Å². The molecule has 1 N–H and O–H groups in total. The molecule has 150 valence electrons. The van der Waals surface area contributed by atoms with E-state index in [0.717, 1.165) is 11.3 Å². The molecule has 4 aromatic rings. The molecular weight excluding hydrogens is 402 g/mol. The Balaban J connectivity index is 1.40. The quantitative estimate of drug-likeness (QED) is 0.434. The molecule has 30 heavy (non-hydrogen) atoms. The Morgan fingerprint density at radius 1 is 0.933 bits per heavy atom. The van der Waals surface area contributed by atoms with Crippen LogP contribution in [0.5, 0.6) is 11.6 Å². The van der Waals surface area contributed by atoms with Crippen LogP contribution in [0.2, 0.25) is 5.02 Å². The summed E-state index contributed by atoms with van der Waals surface area (Å²) in [6, 6.07) is 25.4. The molecule has 6 nitrogen and oxygen atoms in total. The molecule has 0 unspecified atom stereocenters. The molecule has 0 aliphatic heterocycles. The first-order valence-corrected chi connectivity index (χ1v) is 9.61. The summed E-state index contributed by atoms with van der Waals surface area (Å²) in [5.74, 6) is 0.933. The molecule has 7 heteroatoms. The fraction of sp³-hybridized carbons (Fsp3) is 0.0435. The first-order chi connectivity index (χ1) is 14.7. The fourth-order valence-corrected chi connectivity index (χ4v) is 2.90. The number of halogens is 1. The van der Waals surface area contributed by atoms with Crippen molar-refractivity contribution in [3.8, 4) is 17.3 Å². The molecule has 0 aliphatic rings. The summed E-state index contributed by atoms with van der Waals surface area (Å²) in [5.41, 5.74) is 2.28. The number of para-hydroxylation sites is 2. The lowest BCUT2D eigenvalue weighted by molar-refractivity contribution is 0.215. The maximum Gasteiger partial charge on any atom is 0.417 e. The largest absolute Gasteiger partial charge is 0.472 e. The van der Waals surface area contributed by atoms with E-state index in [0.29, 0.717) is 22.3 Å². The number of hydrogen-bond acceptors (Lipinski definition) is 4. The highest BCUT2D eigenvalue weighted by Gasteiger charge is 2.10. The van der Waals surface area contributed by atoms with Gasteiger partial charge in [-0.2, -0.15) is 0 Å². The molecule has 1 amide bonds. The van der Waals surface area contributed by atoms with Crippen molar-refractivity contribution < 1.29 is 14.3 Å². The molecule has 0 fully saturated rings. The summed E-state index contributed by atoms with van der Waals surface area (Å²) in [4.78, 5) is 12.2. The molecule has 0 bridgehead atoms. The second-order valence-electron chi connectivity index (χ2n) is 6.35. The molecule has 0 saturated heterocycles. The number of nitrogens with zero attached hydrogens (tertiary/aromatic N) is 2. The van der Waals surface area contributed by atoms with E-state index in [1.54, 1.807) is 59.4 Å². The highest BCUT2D eigenvalue weighted by atomic mass is 35.5. The maximum absolute atomic E-state index is 12.2. The van der Waals surface area contributed by atoms with Gasteiger partial charge in [0.2, 0.25) is 5.88 Å². The normalized spacial score (nSPS) is 10.4. The summed E-state index contributed by atoms with van der Waals surface area (Å²) in [7, 11) is 0. The Kier molecular flexibility index (Phi) is 5.96. The van der Waals surface area contributed by atoms with Crippen molar-refractivity contribution in [1.82, 2.24) is 9.78 Å². The standard InChI is InChI=1S/C23H18ClN3O3/c24-18-10-12-19(13-11-18)27-15-14-22(26-27)29-16-17-6-4-5-9-21(17)25-23(28)30-20-7-2-1-3-8-20/h1-15H,16H2,(H,25,28). The number of amides is 1. The van der Waals surface area contributed by atoms with Gasteiger partial charge in [-0.3, -0.25) is 5.32 Å². The number of aromatic nitrogens is 2. The first-order valence-electron chi connectivity index (χ1n) is 9.23. The molecule has 0 atom stereocenters. The predicted octanol–water partition coefficient (Wildman–Crippen LogP) is 5.72. The van der Waals surface area contributed by atoms with E-state index in [-0.39, 0.29) is 6.61 Å². The number of rotatable bonds is 6. The van der Waals surface area contributed by atoms with Gasteiger partial charge < -0.3 is 9.47 Å². The summed E-state index contributed by atoms with van der Waals surface area (Å²) < 4.78 is 12.8. The lowest BCUT2D eigenvalue weighted by Gasteiger charge is -2.11. The van der Waals surface area contributed by atoms with Gasteiger partial charge in [-0.15, -0.1) is 5.10 Å². The van der Waals surface area contributed by atoms with Gasteiger partial charge in [0, 0.05) is 22.8 Å². The maximum atomic E-state index is 12.2. The average molecular weight is 420 g/mol. The molecule has 0 saturated carbocycles. The summed E-state index contributed by atoms with van der Waals surface area (Å²) in [6.45, 7) is 0.236. The predicted molar refractivity (Wildman–Crippen MR) is 115 cm³/mol. The van der Waals surface area contributed by atoms with Crippen LogP contribution in [0.4, 0.5) is 10.5 Å². The molecule has 1 aromatic heterocycles.